The van der Waals surface area contributed by atoms with Crippen LogP contribution in [0.25, 0.3) is 0 Å². The van der Waals surface area contributed by atoms with Crippen LogP contribution in [0.4, 0.5) is 5.69 Å². The third kappa shape index (κ3) is 5.13. The number of hydrogen-bond donors (Lipinski definition) is 1. The summed E-state index contributed by atoms with van der Waals surface area (Å²) < 4.78 is 31.5. The molecule has 0 radical (unpaired) electrons. The van der Waals surface area contributed by atoms with Crippen LogP contribution in [0.2, 0.25) is 10.0 Å². The summed E-state index contributed by atoms with van der Waals surface area (Å²) in [6.45, 7) is 3.25. The zero-order chi connectivity index (χ0) is 20.4. The van der Waals surface area contributed by atoms with E-state index < -0.39 is 22.0 Å². The smallest absolute Gasteiger partial charge is 0.265 e. The molecule has 27 heavy (non-hydrogen) atoms. The Morgan fingerprint density at radius 3 is 2.41 bits per heavy atom. The summed E-state index contributed by atoms with van der Waals surface area (Å²) in [6, 6.07) is 9.37. The second-order valence-electron chi connectivity index (χ2n) is 6.09. The zero-order valence-corrected chi connectivity index (χ0v) is 17.6. The van der Waals surface area contributed by atoms with Gasteiger partial charge < -0.3 is 10.1 Å². The van der Waals surface area contributed by atoms with Gasteiger partial charge in [0, 0.05) is 24.8 Å². The minimum Gasteiger partial charge on any atom is -0.479 e. The van der Waals surface area contributed by atoms with Gasteiger partial charge in [-0.1, -0.05) is 29.3 Å². The molecule has 0 bridgehead atoms. The molecule has 0 aliphatic carbocycles. The van der Waals surface area contributed by atoms with Gasteiger partial charge in [-0.2, -0.15) is 0 Å². The van der Waals surface area contributed by atoms with Crippen LogP contribution < -0.4 is 10.1 Å². The predicted molar refractivity (Wildman–Crippen MR) is 107 cm³/mol. The van der Waals surface area contributed by atoms with Crippen LogP contribution in [-0.2, 0) is 14.8 Å². The largest absolute Gasteiger partial charge is 0.479 e. The Morgan fingerprint density at radius 2 is 1.81 bits per heavy atom. The Balaban J connectivity index is 2.18. The van der Waals surface area contributed by atoms with Crippen LogP contribution >= 0.6 is 23.2 Å². The lowest BCUT2D eigenvalue weighted by atomic mass is 10.2. The molecule has 1 amide bonds. The van der Waals surface area contributed by atoms with Crippen LogP contribution in [0.3, 0.4) is 0 Å². The van der Waals surface area contributed by atoms with E-state index in [-0.39, 0.29) is 9.92 Å². The molecule has 2 rings (SSSR count). The summed E-state index contributed by atoms with van der Waals surface area (Å²) in [7, 11) is -0.723. The van der Waals surface area contributed by atoms with Gasteiger partial charge >= 0.3 is 0 Å². The number of carbonyl (C=O) groups is 1. The van der Waals surface area contributed by atoms with E-state index in [9.17, 15) is 13.2 Å². The number of aryl methyl sites for hydroxylation is 1. The highest BCUT2D eigenvalue weighted by atomic mass is 35.5. The highest BCUT2D eigenvalue weighted by molar-refractivity contribution is 7.89. The van der Waals surface area contributed by atoms with Crippen molar-refractivity contribution in [3.8, 4) is 5.75 Å². The van der Waals surface area contributed by atoms with Gasteiger partial charge in [0.2, 0.25) is 10.0 Å². The number of amides is 1. The molecular formula is C18H20Cl2N2O4S. The van der Waals surface area contributed by atoms with Gasteiger partial charge in [0.1, 0.15) is 5.75 Å². The van der Waals surface area contributed by atoms with Crippen molar-refractivity contribution in [3.05, 3.63) is 52.0 Å². The monoisotopic (exact) mass is 430 g/mol. The molecular weight excluding hydrogens is 411 g/mol. The molecule has 0 spiro atoms. The fraction of sp³-hybridized carbons (Fsp3) is 0.278. The number of rotatable bonds is 6. The third-order valence-electron chi connectivity index (χ3n) is 3.78. The van der Waals surface area contributed by atoms with Gasteiger partial charge in [-0.3, -0.25) is 4.79 Å². The molecule has 2 aromatic rings. The molecule has 0 saturated carbocycles. The fourth-order valence-corrected chi connectivity index (χ4v) is 3.81. The lowest BCUT2D eigenvalue weighted by Gasteiger charge is -2.17. The Morgan fingerprint density at radius 1 is 1.15 bits per heavy atom. The summed E-state index contributed by atoms with van der Waals surface area (Å²) in [6.07, 6.45) is -0.862. The van der Waals surface area contributed by atoms with Crippen molar-refractivity contribution in [2.45, 2.75) is 24.8 Å². The summed E-state index contributed by atoms with van der Waals surface area (Å²) in [5, 5.41) is 3.40. The maximum atomic E-state index is 12.4. The van der Waals surface area contributed by atoms with E-state index in [2.05, 4.69) is 5.32 Å². The number of carbonyl (C=O) groups excluding carboxylic acids is 1. The topological polar surface area (TPSA) is 75.7 Å². The molecule has 146 valence electrons. The molecule has 1 N–H and O–H groups in total. The third-order valence-corrected chi connectivity index (χ3v) is 6.27. The van der Waals surface area contributed by atoms with Crippen molar-refractivity contribution < 1.29 is 17.9 Å². The molecule has 1 atom stereocenters. The molecule has 0 saturated heterocycles. The lowest BCUT2D eigenvalue weighted by Crippen LogP contribution is -2.30. The molecule has 0 aromatic heterocycles. The summed E-state index contributed by atoms with van der Waals surface area (Å²) in [5.74, 6) is -0.124. The normalized spacial score (nSPS) is 12.7. The van der Waals surface area contributed by atoms with Crippen molar-refractivity contribution in [1.29, 1.82) is 0 Å². The Bertz CT molecular complexity index is 962. The van der Waals surface area contributed by atoms with Gasteiger partial charge in [-0.05, 0) is 49.7 Å². The Kier molecular flexibility index (Phi) is 6.75. The van der Waals surface area contributed by atoms with Crippen LogP contribution in [0, 0.1) is 6.92 Å². The maximum absolute atomic E-state index is 12.4. The molecule has 6 nitrogen and oxygen atoms in total. The van der Waals surface area contributed by atoms with Gasteiger partial charge in [-0.15, -0.1) is 0 Å². The van der Waals surface area contributed by atoms with E-state index in [0.717, 1.165) is 4.31 Å². The van der Waals surface area contributed by atoms with Crippen LogP contribution in [0.1, 0.15) is 12.5 Å². The second kappa shape index (κ2) is 8.48. The average molecular weight is 431 g/mol. The molecule has 0 aliphatic rings. The number of sulfonamides is 1. The molecule has 0 fully saturated rings. The van der Waals surface area contributed by atoms with E-state index >= 15 is 0 Å². The minimum atomic E-state index is -3.62. The van der Waals surface area contributed by atoms with E-state index in [1.54, 1.807) is 38.1 Å². The second-order valence-corrected chi connectivity index (χ2v) is 9.06. The van der Waals surface area contributed by atoms with Crippen LogP contribution in [-0.4, -0.2) is 38.8 Å². The average Bonchev–Trinajstić information content (AvgIpc) is 2.58. The quantitative estimate of drug-likeness (QED) is 0.752. The first-order valence-corrected chi connectivity index (χ1v) is 10.2. The standard InChI is InChI=1S/C18H20Cl2N2O4S/c1-11-5-7-14(10-17(11)27(24,25)22(3)4)21-18(23)12(2)26-16-8-6-13(19)9-15(16)20/h5-10,12H,1-4H3,(H,21,23). The molecule has 0 heterocycles. The van der Waals surface area contributed by atoms with Gasteiger partial charge in [0.25, 0.3) is 5.91 Å². The van der Waals surface area contributed by atoms with Gasteiger partial charge in [-0.25, -0.2) is 12.7 Å². The number of benzene rings is 2. The van der Waals surface area contributed by atoms with Crippen LogP contribution in [0.15, 0.2) is 41.3 Å². The number of anilines is 1. The molecule has 1 unspecified atom stereocenters. The van der Waals surface area contributed by atoms with Gasteiger partial charge in [0.15, 0.2) is 6.10 Å². The first-order valence-electron chi connectivity index (χ1n) is 7.98. The number of halogens is 2. The van der Waals surface area contributed by atoms with E-state index in [0.29, 0.717) is 22.0 Å². The summed E-state index contributed by atoms with van der Waals surface area (Å²) in [4.78, 5) is 12.5. The van der Waals surface area contributed by atoms with Crippen molar-refractivity contribution in [2.24, 2.45) is 0 Å². The number of nitrogens with one attached hydrogen (secondary N) is 1. The van der Waals surface area contributed by atoms with Crippen molar-refractivity contribution >= 4 is 44.8 Å². The molecule has 0 aliphatic heterocycles. The molecule has 2 aromatic carbocycles. The Labute approximate surface area is 169 Å². The Hall–Kier alpha value is -1.80. The van der Waals surface area contributed by atoms with Crippen molar-refractivity contribution in [1.82, 2.24) is 4.31 Å². The highest BCUT2D eigenvalue weighted by Gasteiger charge is 2.22. The highest BCUT2D eigenvalue weighted by Crippen LogP contribution is 2.28. The fourth-order valence-electron chi connectivity index (χ4n) is 2.21. The maximum Gasteiger partial charge on any atom is 0.265 e. The van der Waals surface area contributed by atoms with E-state index in [1.807, 2.05) is 0 Å². The SMILES string of the molecule is Cc1ccc(NC(=O)C(C)Oc2ccc(Cl)cc2Cl)cc1S(=O)(=O)N(C)C. The van der Waals surface area contributed by atoms with E-state index in [4.69, 9.17) is 27.9 Å². The minimum absolute atomic E-state index is 0.125. The zero-order valence-electron chi connectivity index (χ0n) is 15.3. The number of hydrogen-bond acceptors (Lipinski definition) is 4. The summed E-state index contributed by atoms with van der Waals surface area (Å²) >= 11 is 11.9. The lowest BCUT2D eigenvalue weighted by molar-refractivity contribution is -0.122. The van der Waals surface area contributed by atoms with Crippen LogP contribution in [0.5, 0.6) is 5.75 Å². The number of ether oxygens (including phenoxy) is 1. The van der Waals surface area contributed by atoms with Crippen molar-refractivity contribution in [3.63, 3.8) is 0 Å². The first-order chi connectivity index (χ1) is 12.5. The predicted octanol–water partition coefficient (Wildman–Crippen LogP) is 3.96. The van der Waals surface area contributed by atoms with Crippen molar-refractivity contribution in [2.75, 3.05) is 19.4 Å². The van der Waals surface area contributed by atoms with Gasteiger partial charge in [0.05, 0.1) is 9.92 Å². The molecule has 9 heteroatoms. The number of nitrogens with zero attached hydrogens (tertiary/aromatic N) is 1. The first kappa shape index (κ1) is 21.5. The van der Waals surface area contributed by atoms with E-state index in [1.165, 1.54) is 26.2 Å². The summed E-state index contributed by atoms with van der Waals surface area (Å²) in [5.41, 5.74) is 0.933.